The van der Waals surface area contributed by atoms with Crippen LogP contribution in [0.25, 0.3) is 0 Å². The molecular formula is C4H3BrFN. The molecule has 0 spiro atoms. The van der Waals surface area contributed by atoms with Gasteiger partial charge in [-0.3, -0.25) is 0 Å². The topological polar surface area (TPSA) is 15.8 Å². The van der Waals surface area contributed by atoms with Gasteiger partial charge >= 0.3 is 0 Å². The Morgan fingerprint density at radius 1 is 1.57 bits per heavy atom. The maximum absolute atomic E-state index is 11.8. The molecule has 1 aromatic heterocycles. The SMILES string of the molecule is Fc1ccc(Br)[nH]1. The van der Waals surface area contributed by atoms with Gasteiger partial charge in [-0.15, -0.1) is 0 Å². The molecule has 38 valence electrons. The fourth-order valence-corrected chi connectivity index (χ4v) is 0.665. The fraction of sp³-hybridized carbons (Fsp3) is 0. The Bertz CT molecular complexity index is 144. The summed E-state index contributed by atoms with van der Waals surface area (Å²) in [7, 11) is 0. The van der Waals surface area contributed by atoms with Crippen molar-refractivity contribution in [3.63, 3.8) is 0 Å². The predicted molar refractivity (Wildman–Crippen MR) is 28.5 cm³/mol. The van der Waals surface area contributed by atoms with Crippen LogP contribution in [0.1, 0.15) is 0 Å². The van der Waals surface area contributed by atoms with Crippen LogP contribution >= 0.6 is 15.9 Å². The molecular weight excluding hydrogens is 161 g/mol. The summed E-state index contributed by atoms with van der Waals surface area (Å²) in [6, 6.07) is 2.96. The monoisotopic (exact) mass is 163 g/mol. The normalized spacial score (nSPS) is 9.43. The highest BCUT2D eigenvalue weighted by Gasteiger charge is 1.88. The molecule has 1 rings (SSSR count). The number of halogens is 2. The third-order valence-corrected chi connectivity index (χ3v) is 1.08. The molecule has 0 atom stereocenters. The molecule has 0 saturated heterocycles. The molecule has 0 fully saturated rings. The van der Waals surface area contributed by atoms with Crippen molar-refractivity contribution >= 4 is 15.9 Å². The fourth-order valence-electron chi connectivity index (χ4n) is 0.344. The van der Waals surface area contributed by atoms with Crippen LogP contribution in [0.3, 0.4) is 0 Å². The summed E-state index contributed by atoms with van der Waals surface area (Å²) < 4.78 is 12.5. The molecule has 0 aliphatic carbocycles. The van der Waals surface area contributed by atoms with Crippen molar-refractivity contribution in [2.24, 2.45) is 0 Å². The Hall–Kier alpha value is -0.310. The highest BCUT2D eigenvalue weighted by Crippen LogP contribution is 2.05. The number of nitrogens with one attached hydrogen (secondary N) is 1. The molecule has 0 aromatic carbocycles. The minimum Gasteiger partial charge on any atom is -0.326 e. The van der Waals surface area contributed by atoms with Gasteiger partial charge in [-0.05, 0) is 28.1 Å². The summed E-state index contributed by atoms with van der Waals surface area (Å²) in [5, 5.41) is 0. The third-order valence-electron chi connectivity index (χ3n) is 0.615. The molecule has 3 heteroatoms. The van der Waals surface area contributed by atoms with E-state index in [-0.39, 0.29) is 5.95 Å². The molecule has 0 amide bonds. The summed E-state index contributed by atoms with van der Waals surface area (Å²) in [6.07, 6.45) is 0. The van der Waals surface area contributed by atoms with E-state index < -0.39 is 0 Å². The van der Waals surface area contributed by atoms with Gasteiger partial charge in [0.1, 0.15) is 0 Å². The lowest BCUT2D eigenvalue weighted by Crippen LogP contribution is -1.64. The van der Waals surface area contributed by atoms with E-state index in [2.05, 4.69) is 20.9 Å². The Balaban J connectivity index is 3.04. The zero-order chi connectivity index (χ0) is 5.28. The maximum atomic E-state index is 11.8. The van der Waals surface area contributed by atoms with Crippen LogP contribution in [-0.4, -0.2) is 4.98 Å². The minimum atomic E-state index is -0.313. The van der Waals surface area contributed by atoms with E-state index in [9.17, 15) is 4.39 Å². The average Bonchev–Trinajstić information content (AvgIpc) is 1.87. The van der Waals surface area contributed by atoms with Crippen molar-refractivity contribution < 1.29 is 4.39 Å². The molecule has 0 saturated carbocycles. The smallest absolute Gasteiger partial charge is 0.191 e. The van der Waals surface area contributed by atoms with Gasteiger partial charge < -0.3 is 4.98 Å². The van der Waals surface area contributed by atoms with Crippen molar-refractivity contribution in [3.8, 4) is 0 Å². The highest BCUT2D eigenvalue weighted by molar-refractivity contribution is 9.10. The zero-order valence-corrected chi connectivity index (χ0v) is 5.00. The van der Waals surface area contributed by atoms with Gasteiger partial charge in [0, 0.05) is 0 Å². The first-order valence-corrected chi connectivity index (χ1v) is 2.58. The second-order valence-corrected chi connectivity index (χ2v) is 2.01. The first-order chi connectivity index (χ1) is 3.29. The number of aromatic nitrogens is 1. The van der Waals surface area contributed by atoms with Gasteiger partial charge in [-0.1, -0.05) is 0 Å². The molecule has 0 bridgehead atoms. The first-order valence-electron chi connectivity index (χ1n) is 1.79. The van der Waals surface area contributed by atoms with E-state index in [4.69, 9.17) is 0 Å². The molecule has 7 heavy (non-hydrogen) atoms. The average molecular weight is 164 g/mol. The number of hydrogen-bond acceptors (Lipinski definition) is 0. The Morgan fingerprint density at radius 3 is 2.43 bits per heavy atom. The molecule has 0 aliphatic heterocycles. The maximum Gasteiger partial charge on any atom is 0.191 e. The van der Waals surface area contributed by atoms with E-state index in [1.165, 1.54) is 6.07 Å². The molecule has 1 N–H and O–H groups in total. The quantitative estimate of drug-likeness (QED) is 0.602. The number of rotatable bonds is 0. The van der Waals surface area contributed by atoms with Crippen LogP contribution < -0.4 is 0 Å². The van der Waals surface area contributed by atoms with Crippen LogP contribution in [0.4, 0.5) is 4.39 Å². The van der Waals surface area contributed by atoms with Crippen molar-refractivity contribution in [1.29, 1.82) is 0 Å². The number of H-pyrrole nitrogens is 1. The van der Waals surface area contributed by atoms with Gasteiger partial charge in [0.05, 0.1) is 4.60 Å². The van der Waals surface area contributed by atoms with E-state index in [1.807, 2.05) is 0 Å². The second-order valence-electron chi connectivity index (χ2n) is 1.15. The van der Waals surface area contributed by atoms with Crippen molar-refractivity contribution in [2.45, 2.75) is 0 Å². The van der Waals surface area contributed by atoms with Crippen molar-refractivity contribution in [2.75, 3.05) is 0 Å². The second kappa shape index (κ2) is 1.66. The lowest BCUT2D eigenvalue weighted by Gasteiger charge is -1.71. The van der Waals surface area contributed by atoms with Crippen LogP contribution in [-0.2, 0) is 0 Å². The molecule has 0 aliphatic rings. The summed E-state index contributed by atoms with van der Waals surface area (Å²) in [5.74, 6) is -0.313. The van der Waals surface area contributed by atoms with Gasteiger partial charge in [0.25, 0.3) is 0 Å². The summed E-state index contributed by atoms with van der Waals surface area (Å²) in [4.78, 5) is 2.39. The summed E-state index contributed by atoms with van der Waals surface area (Å²) in [6.45, 7) is 0. The van der Waals surface area contributed by atoms with Crippen LogP contribution in [0, 0.1) is 5.95 Å². The molecule has 1 nitrogen and oxygen atoms in total. The Kier molecular flexibility index (Phi) is 1.15. The van der Waals surface area contributed by atoms with Crippen molar-refractivity contribution in [1.82, 2.24) is 4.98 Å². The molecule has 1 heterocycles. The lowest BCUT2D eigenvalue weighted by atomic mass is 10.7. The summed E-state index contributed by atoms with van der Waals surface area (Å²) >= 11 is 3.04. The standard InChI is InChI=1S/C4H3BrFN/c5-3-1-2-4(6)7-3/h1-2,7H. The van der Waals surface area contributed by atoms with E-state index in [0.29, 0.717) is 4.60 Å². The van der Waals surface area contributed by atoms with Gasteiger partial charge in [-0.25, -0.2) is 0 Å². The molecule has 1 aromatic rings. The van der Waals surface area contributed by atoms with Crippen LogP contribution in [0.2, 0.25) is 0 Å². The largest absolute Gasteiger partial charge is 0.326 e. The minimum absolute atomic E-state index is 0.313. The van der Waals surface area contributed by atoms with Gasteiger partial charge in [0.15, 0.2) is 5.95 Å². The Morgan fingerprint density at radius 2 is 2.29 bits per heavy atom. The van der Waals surface area contributed by atoms with E-state index >= 15 is 0 Å². The predicted octanol–water partition coefficient (Wildman–Crippen LogP) is 1.92. The lowest BCUT2D eigenvalue weighted by molar-refractivity contribution is 0.590. The Labute approximate surface area is 48.7 Å². The first kappa shape index (κ1) is 4.84. The van der Waals surface area contributed by atoms with E-state index in [0.717, 1.165) is 0 Å². The molecule has 0 radical (unpaired) electrons. The number of hydrogen-bond donors (Lipinski definition) is 1. The van der Waals surface area contributed by atoms with Crippen LogP contribution in [0.5, 0.6) is 0 Å². The van der Waals surface area contributed by atoms with Gasteiger partial charge in [-0.2, -0.15) is 4.39 Å². The number of aromatic amines is 1. The van der Waals surface area contributed by atoms with E-state index in [1.54, 1.807) is 6.07 Å². The van der Waals surface area contributed by atoms with Crippen molar-refractivity contribution in [3.05, 3.63) is 22.7 Å². The highest BCUT2D eigenvalue weighted by atomic mass is 79.9. The zero-order valence-electron chi connectivity index (χ0n) is 3.41. The molecule has 0 unspecified atom stereocenters. The third kappa shape index (κ3) is 1.03. The van der Waals surface area contributed by atoms with Gasteiger partial charge in [0.2, 0.25) is 0 Å². The van der Waals surface area contributed by atoms with Crippen LogP contribution in [0.15, 0.2) is 16.7 Å². The summed E-state index contributed by atoms with van der Waals surface area (Å²) in [5.41, 5.74) is 0.